The third-order valence-electron chi connectivity index (χ3n) is 4.82. The van der Waals surface area contributed by atoms with Crippen LogP contribution in [0.1, 0.15) is 58.4 Å². The zero-order valence-corrected chi connectivity index (χ0v) is 17.8. The highest BCUT2D eigenvalue weighted by atomic mass is 32.2. The van der Waals surface area contributed by atoms with Gasteiger partial charge in [-0.05, 0) is 45.7 Å². The van der Waals surface area contributed by atoms with Crippen molar-refractivity contribution in [2.24, 2.45) is 10.1 Å². The molecule has 0 spiro atoms. The van der Waals surface area contributed by atoms with Crippen LogP contribution in [0.5, 0.6) is 5.75 Å². The Morgan fingerprint density at radius 1 is 1.28 bits per heavy atom. The fourth-order valence-electron chi connectivity index (χ4n) is 3.61. The predicted molar refractivity (Wildman–Crippen MR) is 110 cm³/mol. The lowest BCUT2D eigenvalue weighted by Gasteiger charge is -2.38. The number of amides is 1. The van der Waals surface area contributed by atoms with E-state index in [1.165, 1.54) is 0 Å². The molecular formula is C19H28N4O5S. The van der Waals surface area contributed by atoms with Gasteiger partial charge in [0, 0.05) is 0 Å². The van der Waals surface area contributed by atoms with Crippen molar-refractivity contribution in [1.82, 2.24) is 5.32 Å². The molecule has 1 aliphatic carbocycles. The molecule has 4 N–H and O–H groups in total. The molecule has 0 bridgehead atoms. The van der Waals surface area contributed by atoms with Gasteiger partial charge in [-0.1, -0.05) is 25.3 Å². The van der Waals surface area contributed by atoms with Crippen LogP contribution in [-0.4, -0.2) is 38.1 Å². The summed E-state index contributed by atoms with van der Waals surface area (Å²) in [5.74, 6) is 0.272. The molecule has 0 radical (unpaired) electrons. The lowest BCUT2D eigenvalue weighted by molar-refractivity contribution is 0.0364. The van der Waals surface area contributed by atoms with Crippen LogP contribution in [-0.2, 0) is 14.9 Å². The molecule has 1 heterocycles. The van der Waals surface area contributed by atoms with Gasteiger partial charge in [0.2, 0.25) is 0 Å². The van der Waals surface area contributed by atoms with Crippen molar-refractivity contribution < 1.29 is 22.7 Å². The van der Waals surface area contributed by atoms with E-state index in [-0.39, 0.29) is 12.4 Å². The Morgan fingerprint density at radius 2 is 1.97 bits per heavy atom. The molecule has 1 amide bonds. The molecule has 0 saturated heterocycles. The fourth-order valence-corrected chi connectivity index (χ4v) is 4.45. The van der Waals surface area contributed by atoms with Crippen LogP contribution < -0.4 is 20.5 Å². The summed E-state index contributed by atoms with van der Waals surface area (Å²) in [6.07, 6.45) is 4.08. The summed E-state index contributed by atoms with van der Waals surface area (Å²) in [6, 6.07) is 4.96. The monoisotopic (exact) mass is 424 g/mol. The quantitative estimate of drug-likeness (QED) is 0.681. The third kappa shape index (κ3) is 5.31. The molecule has 9 nitrogen and oxygen atoms in total. The van der Waals surface area contributed by atoms with Gasteiger partial charge < -0.3 is 20.5 Å². The van der Waals surface area contributed by atoms with E-state index < -0.39 is 27.4 Å². The molecule has 10 heteroatoms. The van der Waals surface area contributed by atoms with Crippen LogP contribution in [0, 0.1) is 0 Å². The fraction of sp³-hybridized carbons (Fsp3) is 0.579. The first-order valence-electron chi connectivity index (χ1n) is 9.64. The van der Waals surface area contributed by atoms with E-state index in [0.29, 0.717) is 17.0 Å². The van der Waals surface area contributed by atoms with E-state index in [0.717, 1.165) is 32.1 Å². The zero-order chi connectivity index (χ0) is 21.3. The zero-order valence-electron chi connectivity index (χ0n) is 16.9. The third-order valence-corrected chi connectivity index (χ3v) is 5.74. The number of hydrogen-bond donors (Lipinski definition) is 3. The van der Waals surface area contributed by atoms with E-state index in [1.807, 2.05) is 20.8 Å². The first kappa shape index (κ1) is 21.2. The van der Waals surface area contributed by atoms with Gasteiger partial charge in [0.15, 0.2) is 5.84 Å². The molecule has 2 aliphatic rings. The van der Waals surface area contributed by atoms with Crippen molar-refractivity contribution >= 4 is 27.8 Å². The van der Waals surface area contributed by atoms with Gasteiger partial charge in [-0.15, -0.1) is 4.40 Å². The second-order valence-corrected chi connectivity index (χ2v) is 9.83. The summed E-state index contributed by atoms with van der Waals surface area (Å²) >= 11 is 0. The Morgan fingerprint density at radius 3 is 2.62 bits per heavy atom. The number of anilines is 1. The number of carbonyl (C=O) groups is 1. The van der Waals surface area contributed by atoms with Gasteiger partial charge in [0.25, 0.3) is 0 Å². The molecule has 1 saturated carbocycles. The highest BCUT2D eigenvalue weighted by Gasteiger charge is 2.36. The highest BCUT2D eigenvalue weighted by molar-refractivity contribution is 7.91. The maximum Gasteiger partial charge on any atom is 0.408 e. The molecular weight excluding hydrogens is 396 g/mol. The van der Waals surface area contributed by atoms with E-state index >= 15 is 0 Å². The Balaban J connectivity index is 1.80. The number of alkyl carbamates (subject to hydrolysis) is 1. The minimum atomic E-state index is -3.86. The Kier molecular flexibility index (Phi) is 5.66. The van der Waals surface area contributed by atoms with Crippen molar-refractivity contribution in [3.63, 3.8) is 0 Å². The van der Waals surface area contributed by atoms with Gasteiger partial charge >= 0.3 is 16.3 Å². The summed E-state index contributed by atoms with van der Waals surface area (Å²) in [7, 11) is -3.86. The van der Waals surface area contributed by atoms with Crippen molar-refractivity contribution in [3.05, 3.63) is 23.8 Å². The van der Waals surface area contributed by atoms with Crippen molar-refractivity contribution in [1.29, 1.82) is 0 Å². The minimum absolute atomic E-state index is 0.132. The maximum absolute atomic E-state index is 12.4. The maximum atomic E-state index is 12.4. The van der Waals surface area contributed by atoms with Crippen molar-refractivity contribution in [3.8, 4) is 5.75 Å². The topological polar surface area (TPSA) is 132 Å². The van der Waals surface area contributed by atoms with Crippen molar-refractivity contribution in [2.45, 2.75) is 64.0 Å². The van der Waals surface area contributed by atoms with Crippen LogP contribution in [0.3, 0.4) is 0 Å². The number of benzene rings is 1. The molecule has 1 aromatic carbocycles. The lowest BCUT2D eigenvalue weighted by Crippen LogP contribution is -2.55. The number of rotatable bonds is 4. The first-order chi connectivity index (χ1) is 13.5. The Labute approximate surface area is 171 Å². The van der Waals surface area contributed by atoms with Gasteiger partial charge in [-0.25, -0.2) is 4.79 Å². The largest absolute Gasteiger partial charge is 0.490 e. The van der Waals surface area contributed by atoms with E-state index in [1.54, 1.807) is 18.2 Å². The van der Waals surface area contributed by atoms with Gasteiger partial charge in [0.05, 0.1) is 16.8 Å². The summed E-state index contributed by atoms with van der Waals surface area (Å²) in [4.78, 5) is 12.4. The lowest BCUT2D eigenvalue weighted by atomic mass is 9.82. The average molecular weight is 425 g/mol. The molecule has 0 unspecified atom stereocenters. The molecule has 1 fully saturated rings. The number of nitrogens with zero attached hydrogens (tertiary/aromatic N) is 1. The number of ether oxygens (including phenoxy) is 2. The average Bonchev–Trinajstić information content (AvgIpc) is 2.57. The molecule has 29 heavy (non-hydrogen) atoms. The number of nitrogens with one attached hydrogen (secondary N) is 2. The number of carbonyl (C=O) groups excluding carboxylic acids is 1. The Bertz CT molecular complexity index is 915. The standard InChI is InChI=1S/C19H28N4O5S/c1-18(2,3)28-17(24)21-19(10-5-4-6-11-19)12-27-14-9-7-8-13-15(14)16(20)23-29(25,26)22-13/h7-9,22H,4-6,10-12H2,1-3H3,(H2,20,23)(H,21,24). The van der Waals surface area contributed by atoms with Crippen LogP contribution in [0.2, 0.25) is 0 Å². The van der Waals surface area contributed by atoms with E-state index in [4.69, 9.17) is 15.2 Å². The van der Waals surface area contributed by atoms with Gasteiger partial charge in [-0.2, -0.15) is 8.42 Å². The second kappa shape index (κ2) is 7.74. The van der Waals surface area contributed by atoms with Crippen LogP contribution in [0.4, 0.5) is 10.5 Å². The molecule has 1 aromatic rings. The molecule has 1 aliphatic heterocycles. The van der Waals surface area contributed by atoms with Crippen LogP contribution in [0.15, 0.2) is 22.6 Å². The minimum Gasteiger partial charge on any atom is -0.490 e. The number of amidine groups is 1. The second-order valence-electron chi connectivity index (χ2n) is 8.49. The van der Waals surface area contributed by atoms with E-state index in [2.05, 4.69) is 14.4 Å². The SMILES string of the molecule is CC(C)(C)OC(=O)NC1(COc2cccc3c2C(N)=NS(=O)(=O)N3)CCCCC1. The molecule has 3 rings (SSSR count). The smallest absolute Gasteiger partial charge is 0.408 e. The molecule has 0 atom stereocenters. The summed E-state index contributed by atoms with van der Waals surface area (Å²) in [5, 5.41) is 3.00. The summed E-state index contributed by atoms with van der Waals surface area (Å²) < 4.78 is 40.8. The van der Waals surface area contributed by atoms with Crippen LogP contribution >= 0.6 is 0 Å². The number of nitrogens with two attached hydrogens (primary N) is 1. The number of hydrogen-bond acceptors (Lipinski definition) is 6. The predicted octanol–water partition coefficient (Wildman–Crippen LogP) is 2.67. The highest BCUT2D eigenvalue weighted by Crippen LogP contribution is 2.33. The van der Waals surface area contributed by atoms with Crippen LogP contribution in [0.25, 0.3) is 0 Å². The molecule has 160 valence electrons. The summed E-state index contributed by atoms with van der Waals surface area (Å²) in [6.45, 7) is 5.66. The van der Waals surface area contributed by atoms with E-state index in [9.17, 15) is 13.2 Å². The normalized spacial score (nSPS) is 19.9. The van der Waals surface area contributed by atoms with Crippen molar-refractivity contribution in [2.75, 3.05) is 11.3 Å². The van der Waals surface area contributed by atoms with Gasteiger partial charge in [0.1, 0.15) is 18.0 Å². The van der Waals surface area contributed by atoms with Gasteiger partial charge in [-0.3, -0.25) is 4.72 Å². The number of fused-ring (bicyclic) bond motifs is 1. The molecule has 0 aromatic heterocycles. The summed E-state index contributed by atoms with van der Waals surface area (Å²) in [5.41, 5.74) is 5.42. The Hall–Kier alpha value is -2.49. The first-order valence-corrected chi connectivity index (χ1v) is 11.1.